The first-order valence-electron chi connectivity index (χ1n) is 5.90. The van der Waals surface area contributed by atoms with Crippen LogP contribution in [0.3, 0.4) is 0 Å². The molecular formula is C12H21N3. The van der Waals surface area contributed by atoms with Crippen LogP contribution in [0.1, 0.15) is 31.1 Å². The second kappa shape index (κ2) is 4.35. The molecule has 3 heteroatoms. The average Bonchev–Trinajstić information content (AvgIpc) is 2.39. The van der Waals surface area contributed by atoms with Crippen LogP contribution in [0.15, 0.2) is 0 Å². The van der Waals surface area contributed by atoms with Crippen molar-refractivity contribution in [1.29, 1.82) is 0 Å². The van der Waals surface area contributed by atoms with E-state index in [0.29, 0.717) is 5.92 Å². The summed E-state index contributed by atoms with van der Waals surface area (Å²) in [5.41, 5.74) is 2.51. The number of hydrogen-bond donors (Lipinski definition) is 2. The number of hydrogen-bond acceptors (Lipinski definition) is 2. The Morgan fingerprint density at radius 2 is 2.13 bits per heavy atom. The molecule has 1 saturated heterocycles. The number of imidazole rings is 1. The Balaban J connectivity index is 1.99. The largest absolute Gasteiger partial charge is 0.346 e. The van der Waals surface area contributed by atoms with Gasteiger partial charge in [-0.3, -0.25) is 0 Å². The Labute approximate surface area is 91.7 Å². The molecule has 15 heavy (non-hydrogen) atoms. The standard InChI is InChI=1S/C12H21N3/c1-8(2)4-11-9(3)14-12(15-11)5-10-6-13-7-10/h8,10,13H,4-7H2,1-3H3,(H,14,15). The Bertz CT molecular complexity index is 324. The predicted octanol–water partition coefficient (Wildman–Crippen LogP) is 1.68. The van der Waals surface area contributed by atoms with E-state index in [4.69, 9.17) is 0 Å². The van der Waals surface area contributed by atoms with Gasteiger partial charge in [0.15, 0.2) is 0 Å². The third kappa shape index (κ3) is 2.59. The van der Waals surface area contributed by atoms with Crippen LogP contribution in [-0.4, -0.2) is 23.1 Å². The van der Waals surface area contributed by atoms with Crippen molar-refractivity contribution in [2.75, 3.05) is 13.1 Å². The maximum Gasteiger partial charge on any atom is 0.106 e. The van der Waals surface area contributed by atoms with Crippen molar-refractivity contribution in [3.63, 3.8) is 0 Å². The van der Waals surface area contributed by atoms with Crippen LogP contribution in [-0.2, 0) is 12.8 Å². The van der Waals surface area contributed by atoms with Gasteiger partial charge < -0.3 is 10.3 Å². The smallest absolute Gasteiger partial charge is 0.106 e. The van der Waals surface area contributed by atoms with E-state index in [0.717, 1.165) is 31.8 Å². The number of rotatable bonds is 4. The fourth-order valence-corrected chi connectivity index (χ4v) is 2.01. The van der Waals surface area contributed by atoms with Crippen LogP contribution < -0.4 is 5.32 Å². The molecule has 3 nitrogen and oxygen atoms in total. The number of nitrogens with one attached hydrogen (secondary N) is 2. The van der Waals surface area contributed by atoms with E-state index in [-0.39, 0.29) is 0 Å². The van der Waals surface area contributed by atoms with Gasteiger partial charge in [-0.05, 0) is 38.3 Å². The average molecular weight is 207 g/mol. The molecule has 1 aromatic heterocycles. The second-order valence-corrected chi connectivity index (χ2v) is 5.08. The highest BCUT2D eigenvalue weighted by Crippen LogP contribution is 2.15. The highest BCUT2D eigenvalue weighted by molar-refractivity contribution is 5.14. The topological polar surface area (TPSA) is 40.7 Å². The van der Waals surface area contributed by atoms with Gasteiger partial charge in [0.1, 0.15) is 5.82 Å². The molecule has 2 rings (SSSR count). The van der Waals surface area contributed by atoms with E-state index >= 15 is 0 Å². The van der Waals surface area contributed by atoms with Gasteiger partial charge in [-0.25, -0.2) is 4.98 Å². The number of aromatic amines is 1. The summed E-state index contributed by atoms with van der Waals surface area (Å²) < 4.78 is 0. The molecule has 0 radical (unpaired) electrons. The first-order valence-corrected chi connectivity index (χ1v) is 5.90. The summed E-state index contributed by atoms with van der Waals surface area (Å²) >= 11 is 0. The van der Waals surface area contributed by atoms with Crippen LogP contribution in [0.25, 0.3) is 0 Å². The van der Waals surface area contributed by atoms with Crippen molar-refractivity contribution in [2.45, 2.75) is 33.6 Å². The molecule has 0 unspecified atom stereocenters. The fraction of sp³-hybridized carbons (Fsp3) is 0.750. The maximum absolute atomic E-state index is 4.69. The molecule has 1 aliphatic heterocycles. The van der Waals surface area contributed by atoms with Crippen LogP contribution in [0.4, 0.5) is 0 Å². The maximum atomic E-state index is 4.69. The summed E-state index contributed by atoms with van der Waals surface area (Å²) in [6, 6.07) is 0. The predicted molar refractivity (Wildman–Crippen MR) is 61.9 cm³/mol. The molecule has 2 heterocycles. The molecular weight excluding hydrogens is 186 g/mol. The molecule has 0 atom stereocenters. The van der Waals surface area contributed by atoms with E-state index in [9.17, 15) is 0 Å². The van der Waals surface area contributed by atoms with Gasteiger partial charge in [-0.1, -0.05) is 13.8 Å². The zero-order valence-electron chi connectivity index (χ0n) is 9.93. The van der Waals surface area contributed by atoms with E-state index in [1.807, 2.05) is 0 Å². The molecule has 0 bridgehead atoms. The lowest BCUT2D eigenvalue weighted by atomic mass is 9.99. The lowest BCUT2D eigenvalue weighted by Crippen LogP contribution is -2.43. The Hall–Kier alpha value is -0.830. The third-order valence-electron chi connectivity index (χ3n) is 2.98. The zero-order chi connectivity index (χ0) is 10.8. The summed E-state index contributed by atoms with van der Waals surface area (Å²) in [6.45, 7) is 8.92. The minimum atomic E-state index is 0.685. The Morgan fingerprint density at radius 3 is 2.67 bits per heavy atom. The molecule has 1 aliphatic rings. The molecule has 0 spiro atoms. The summed E-state index contributed by atoms with van der Waals surface area (Å²) in [5, 5.41) is 3.29. The third-order valence-corrected chi connectivity index (χ3v) is 2.98. The molecule has 2 N–H and O–H groups in total. The highest BCUT2D eigenvalue weighted by Gasteiger charge is 2.19. The normalized spacial score (nSPS) is 17.1. The minimum absolute atomic E-state index is 0.685. The number of nitrogens with zero attached hydrogens (tertiary/aromatic N) is 1. The molecule has 0 aromatic carbocycles. The van der Waals surface area contributed by atoms with Crippen molar-refractivity contribution >= 4 is 0 Å². The lowest BCUT2D eigenvalue weighted by Gasteiger charge is -2.25. The van der Waals surface area contributed by atoms with Crippen LogP contribution in [0.2, 0.25) is 0 Å². The molecule has 0 aliphatic carbocycles. The molecule has 0 amide bonds. The monoisotopic (exact) mass is 207 g/mol. The van der Waals surface area contributed by atoms with Crippen LogP contribution in [0, 0.1) is 18.8 Å². The first kappa shape index (κ1) is 10.7. The Kier molecular flexibility index (Phi) is 3.10. The van der Waals surface area contributed by atoms with Gasteiger partial charge in [-0.2, -0.15) is 0 Å². The summed E-state index contributed by atoms with van der Waals surface area (Å²) in [7, 11) is 0. The van der Waals surface area contributed by atoms with Gasteiger partial charge >= 0.3 is 0 Å². The van der Waals surface area contributed by atoms with E-state index in [2.05, 4.69) is 36.1 Å². The number of H-pyrrole nitrogens is 1. The number of aryl methyl sites for hydroxylation is 1. The summed E-state index contributed by atoms with van der Waals surface area (Å²) in [5.74, 6) is 2.65. The molecule has 0 saturated carbocycles. The zero-order valence-corrected chi connectivity index (χ0v) is 9.93. The van der Waals surface area contributed by atoms with E-state index in [1.54, 1.807) is 0 Å². The van der Waals surface area contributed by atoms with Gasteiger partial charge in [0.25, 0.3) is 0 Å². The van der Waals surface area contributed by atoms with Gasteiger partial charge in [-0.15, -0.1) is 0 Å². The lowest BCUT2D eigenvalue weighted by molar-refractivity contribution is 0.341. The Morgan fingerprint density at radius 1 is 1.40 bits per heavy atom. The molecule has 1 aromatic rings. The van der Waals surface area contributed by atoms with Crippen LogP contribution >= 0.6 is 0 Å². The van der Waals surface area contributed by atoms with E-state index in [1.165, 1.54) is 17.2 Å². The molecule has 84 valence electrons. The second-order valence-electron chi connectivity index (χ2n) is 5.08. The SMILES string of the molecule is Cc1[nH]c(CC2CNC2)nc1CC(C)C. The van der Waals surface area contributed by atoms with Crippen molar-refractivity contribution in [3.8, 4) is 0 Å². The summed E-state index contributed by atoms with van der Waals surface area (Å²) in [4.78, 5) is 8.10. The van der Waals surface area contributed by atoms with Crippen molar-refractivity contribution in [2.24, 2.45) is 11.8 Å². The summed E-state index contributed by atoms with van der Waals surface area (Å²) in [6.07, 6.45) is 2.19. The van der Waals surface area contributed by atoms with Crippen molar-refractivity contribution < 1.29 is 0 Å². The van der Waals surface area contributed by atoms with E-state index < -0.39 is 0 Å². The van der Waals surface area contributed by atoms with Gasteiger partial charge in [0.2, 0.25) is 0 Å². The quantitative estimate of drug-likeness (QED) is 0.788. The van der Waals surface area contributed by atoms with Crippen LogP contribution in [0.5, 0.6) is 0 Å². The highest BCUT2D eigenvalue weighted by atomic mass is 15.0. The van der Waals surface area contributed by atoms with Crippen molar-refractivity contribution in [3.05, 3.63) is 17.2 Å². The van der Waals surface area contributed by atoms with Gasteiger partial charge in [0, 0.05) is 12.1 Å². The first-order chi connectivity index (χ1) is 7.15. The molecule has 1 fully saturated rings. The fourth-order valence-electron chi connectivity index (χ4n) is 2.01. The number of aromatic nitrogens is 2. The van der Waals surface area contributed by atoms with Gasteiger partial charge in [0.05, 0.1) is 5.69 Å². The van der Waals surface area contributed by atoms with Crippen molar-refractivity contribution in [1.82, 2.24) is 15.3 Å². The minimum Gasteiger partial charge on any atom is -0.346 e.